The van der Waals surface area contributed by atoms with Crippen molar-refractivity contribution in [3.05, 3.63) is 102 Å². The summed E-state index contributed by atoms with van der Waals surface area (Å²) in [7, 11) is 1.57. The molecule has 0 saturated heterocycles. The molecule has 1 aromatic heterocycles. The van der Waals surface area contributed by atoms with Crippen molar-refractivity contribution in [2.45, 2.75) is 26.5 Å². The van der Waals surface area contributed by atoms with E-state index in [1.54, 1.807) is 23.9 Å². The molecule has 4 aromatic rings. The molecule has 5 rings (SSSR count). The van der Waals surface area contributed by atoms with E-state index in [2.05, 4.69) is 20.7 Å². The van der Waals surface area contributed by atoms with Gasteiger partial charge < -0.3 is 24.8 Å². The largest absolute Gasteiger partial charge is 0.495 e. The molecule has 1 amide bonds. The summed E-state index contributed by atoms with van der Waals surface area (Å²) in [6.45, 7) is 4.64. The molecule has 0 fully saturated rings. The van der Waals surface area contributed by atoms with Crippen molar-refractivity contribution in [3.8, 4) is 17.2 Å². The predicted molar refractivity (Wildman–Crippen MR) is 144 cm³/mol. The average Bonchev–Trinajstić information content (AvgIpc) is 3.40. The Bertz CT molecular complexity index is 1460. The number of hydrogen-bond acceptors (Lipinski definition) is 7. The van der Waals surface area contributed by atoms with Gasteiger partial charge in [-0.3, -0.25) is 4.79 Å². The molecule has 0 spiro atoms. The van der Waals surface area contributed by atoms with Gasteiger partial charge in [0.05, 0.1) is 25.0 Å². The van der Waals surface area contributed by atoms with Crippen LogP contribution >= 0.6 is 0 Å². The number of benzene rings is 3. The third-order valence-corrected chi connectivity index (χ3v) is 6.21. The quantitative estimate of drug-likeness (QED) is 0.319. The average molecular weight is 512 g/mol. The molecule has 2 heterocycles. The summed E-state index contributed by atoms with van der Waals surface area (Å²) in [6.07, 6.45) is 1.46. The number of carbonyl (C=O) groups excluding carboxylic acids is 1. The van der Waals surface area contributed by atoms with E-state index >= 15 is 0 Å². The van der Waals surface area contributed by atoms with Gasteiger partial charge >= 0.3 is 0 Å². The van der Waals surface area contributed by atoms with E-state index < -0.39 is 6.04 Å². The molecule has 1 aliphatic rings. The Morgan fingerprint density at radius 2 is 1.79 bits per heavy atom. The maximum atomic E-state index is 13.7. The fraction of sp³-hybridized carbons (Fsp3) is 0.207. The Balaban J connectivity index is 1.50. The van der Waals surface area contributed by atoms with Crippen LogP contribution in [0.3, 0.4) is 0 Å². The third kappa shape index (κ3) is 5.04. The maximum Gasteiger partial charge on any atom is 0.255 e. The lowest BCUT2D eigenvalue weighted by Gasteiger charge is -2.29. The zero-order valence-electron chi connectivity index (χ0n) is 21.5. The summed E-state index contributed by atoms with van der Waals surface area (Å²) in [5.41, 5.74) is 3.60. The molecule has 1 atom stereocenters. The van der Waals surface area contributed by atoms with Crippen LogP contribution in [0, 0.1) is 0 Å². The van der Waals surface area contributed by atoms with Crippen LogP contribution < -0.4 is 24.8 Å². The lowest BCUT2D eigenvalue weighted by atomic mass is 9.94. The number of amides is 1. The van der Waals surface area contributed by atoms with Crippen molar-refractivity contribution < 1.29 is 19.0 Å². The van der Waals surface area contributed by atoms with Gasteiger partial charge in [-0.2, -0.15) is 10.1 Å². The van der Waals surface area contributed by atoms with Crippen molar-refractivity contribution >= 4 is 17.5 Å². The number of hydrogen-bond donors (Lipinski definition) is 2. The molecule has 0 bridgehead atoms. The number of ether oxygens (including phenoxy) is 3. The summed E-state index contributed by atoms with van der Waals surface area (Å²) in [4.78, 5) is 18.0. The van der Waals surface area contributed by atoms with E-state index in [4.69, 9.17) is 14.2 Å². The Hall–Kier alpha value is -4.79. The monoisotopic (exact) mass is 511 g/mol. The van der Waals surface area contributed by atoms with E-state index in [0.29, 0.717) is 53.4 Å². The van der Waals surface area contributed by atoms with Crippen LogP contribution in [0.25, 0.3) is 0 Å². The number of rotatable bonds is 9. The normalized spacial score (nSPS) is 14.3. The first kappa shape index (κ1) is 24.9. The van der Waals surface area contributed by atoms with Crippen LogP contribution in [0.15, 0.2) is 90.4 Å². The summed E-state index contributed by atoms with van der Waals surface area (Å²) in [5, 5.41) is 10.6. The van der Waals surface area contributed by atoms with Gasteiger partial charge in [0.2, 0.25) is 5.95 Å². The van der Waals surface area contributed by atoms with Crippen molar-refractivity contribution in [3.63, 3.8) is 0 Å². The highest BCUT2D eigenvalue weighted by atomic mass is 16.5. The second-order valence-electron chi connectivity index (χ2n) is 8.66. The van der Waals surface area contributed by atoms with Crippen LogP contribution in [-0.4, -0.2) is 34.4 Å². The van der Waals surface area contributed by atoms with Crippen molar-refractivity contribution in [2.75, 3.05) is 24.4 Å². The molecule has 2 N–H and O–H groups in total. The highest BCUT2D eigenvalue weighted by molar-refractivity contribution is 6.06. The Morgan fingerprint density at radius 3 is 2.58 bits per heavy atom. The van der Waals surface area contributed by atoms with Crippen LogP contribution in [0.5, 0.6) is 17.2 Å². The van der Waals surface area contributed by atoms with Crippen LogP contribution in [0.2, 0.25) is 0 Å². The van der Waals surface area contributed by atoms with E-state index in [9.17, 15) is 4.79 Å². The zero-order valence-corrected chi connectivity index (χ0v) is 21.5. The number of carbonyl (C=O) groups is 1. The second kappa shape index (κ2) is 11.1. The highest BCUT2D eigenvalue weighted by Gasteiger charge is 2.34. The standard InChI is InChI=1S/C29H29N5O4/c1-4-37-25-16-21(14-15-24(25)38-17-20-10-6-5-7-11-20)27-26(19(2)32-29-30-18-31-34(27)29)28(35)33-22-12-8-9-13-23(22)36-3/h5-16,18,27H,4,17H2,1-3H3,(H,33,35)(H,30,31,32)/t27-/m1/s1. The second-order valence-corrected chi connectivity index (χ2v) is 8.66. The molecular formula is C29H29N5O4. The lowest BCUT2D eigenvalue weighted by molar-refractivity contribution is -0.113. The van der Waals surface area contributed by atoms with Crippen molar-refractivity contribution in [2.24, 2.45) is 0 Å². The number of aromatic nitrogens is 3. The molecule has 1 aliphatic heterocycles. The third-order valence-electron chi connectivity index (χ3n) is 6.21. The topological polar surface area (TPSA) is 99.5 Å². The first-order valence-electron chi connectivity index (χ1n) is 12.3. The fourth-order valence-electron chi connectivity index (χ4n) is 4.45. The minimum atomic E-state index is -0.550. The minimum Gasteiger partial charge on any atom is -0.495 e. The molecule has 0 unspecified atom stereocenters. The van der Waals surface area contributed by atoms with Gasteiger partial charge in [0, 0.05) is 5.70 Å². The van der Waals surface area contributed by atoms with Gasteiger partial charge in [0.25, 0.3) is 5.91 Å². The summed E-state index contributed by atoms with van der Waals surface area (Å²) >= 11 is 0. The zero-order chi connectivity index (χ0) is 26.5. The first-order chi connectivity index (χ1) is 18.6. The van der Waals surface area contributed by atoms with Crippen molar-refractivity contribution in [1.29, 1.82) is 0 Å². The number of methoxy groups -OCH3 is 1. The molecule has 38 heavy (non-hydrogen) atoms. The van der Waals surface area contributed by atoms with Crippen LogP contribution in [0.1, 0.15) is 31.0 Å². The van der Waals surface area contributed by atoms with Gasteiger partial charge in [-0.15, -0.1) is 0 Å². The first-order valence-corrected chi connectivity index (χ1v) is 12.3. The number of nitrogens with one attached hydrogen (secondary N) is 2. The van der Waals surface area contributed by atoms with Crippen LogP contribution in [-0.2, 0) is 11.4 Å². The fourth-order valence-corrected chi connectivity index (χ4v) is 4.45. The molecular weight excluding hydrogens is 482 g/mol. The molecule has 0 radical (unpaired) electrons. The van der Waals surface area contributed by atoms with Crippen molar-refractivity contribution in [1.82, 2.24) is 14.8 Å². The number of nitrogens with zero attached hydrogens (tertiary/aromatic N) is 3. The van der Waals surface area contributed by atoms with Gasteiger partial charge in [-0.25, -0.2) is 4.68 Å². The van der Waals surface area contributed by atoms with Gasteiger partial charge in [0.15, 0.2) is 11.5 Å². The Morgan fingerprint density at radius 1 is 1.00 bits per heavy atom. The molecule has 0 aliphatic carbocycles. The van der Waals surface area contributed by atoms with Gasteiger partial charge in [0.1, 0.15) is 24.7 Å². The number of allylic oxidation sites excluding steroid dienone is 1. The SMILES string of the molecule is CCOc1cc([C@@H]2C(C(=O)Nc3ccccc3OC)=C(C)Nc3ncnn32)ccc1OCc1ccccc1. The van der Waals surface area contributed by atoms with Gasteiger partial charge in [-0.1, -0.05) is 48.5 Å². The molecule has 9 nitrogen and oxygen atoms in total. The molecule has 194 valence electrons. The lowest BCUT2D eigenvalue weighted by Crippen LogP contribution is -2.31. The maximum absolute atomic E-state index is 13.7. The number of para-hydroxylation sites is 2. The van der Waals surface area contributed by atoms with E-state index in [-0.39, 0.29) is 5.91 Å². The minimum absolute atomic E-state index is 0.284. The van der Waals surface area contributed by atoms with Gasteiger partial charge in [-0.05, 0) is 49.2 Å². The molecule has 0 saturated carbocycles. The number of fused-ring (bicyclic) bond motifs is 1. The summed E-state index contributed by atoms with van der Waals surface area (Å²) in [5.74, 6) is 2.03. The molecule has 3 aromatic carbocycles. The molecule has 9 heteroatoms. The summed E-state index contributed by atoms with van der Waals surface area (Å²) < 4.78 is 19.2. The predicted octanol–water partition coefficient (Wildman–Crippen LogP) is 5.19. The Labute approximate surface area is 221 Å². The van der Waals surface area contributed by atoms with Crippen LogP contribution in [0.4, 0.5) is 11.6 Å². The van der Waals surface area contributed by atoms with E-state index in [0.717, 1.165) is 11.1 Å². The smallest absolute Gasteiger partial charge is 0.255 e. The number of anilines is 2. The van der Waals surface area contributed by atoms with E-state index in [1.807, 2.05) is 74.5 Å². The Kier molecular flexibility index (Phi) is 7.26. The highest BCUT2D eigenvalue weighted by Crippen LogP contribution is 2.39. The van der Waals surface area contributed by atoms with E-state index in [1.165, 1.54) is 6.33 Å². The summed E-state index contributed by atoms with van der Waals surface area (Å²) in [6, 6.07) is 22.4.